The minimum absolute atomic E-state index is 0.0123. The van der Waals surface area contributed by atoms with Crippen LogP contribution in [0.4, 0.5) is 5.69 Å². The van der Waals surface area contributed by atoms with Gasteiger partial charge in [0.15, 0.2) is 0 Å². The summed E-state index contributed by atoms with van der Waals surface area (Å²) >= 11 is 1.32. The fourth-order valence-corrected chi connectivity index (χ4v) is 4.10. The van der Waals surface area contributed by atoms with E-state index < -0.39 is 5.97 Å². The molecule has 34 heavy (non-hydrogen) atoms. The van der Waals surface area contributed by atoms with Gasteiger partial charge >= 0.3 is 11.7 Å². The number of methoxy groups -OCH3 is 1. The number of hydrogen-bond acceptors (Lipinski definition) is 7. The maximum atomic E-state index is 12.4. The number of carbonyl (C=O) groups excluding carboxylic acids is 2. The second-order valence-electron chi connectivity index (χ2n) is 7.35. The first-order valence-corrected chi connectivity index (χ1v) is 11.2. The van der Waals surface area contributed by atoms with Crippen LogP contribution in [0.3, 0.4) is 0 Å². The van der Waals surface area contributed by atoms with E-state index in [1.807, 2.05) is 19.1 Å². The zero-order chi connectivity index (χ0) is 24.1. The summed E-state index contributed by atoms with van der Waals surface area (Å²) in [6.45, 7) is 1.80. The minimum atomic E-state index is -0.506. The Balaban J connectivity index is 1.31. The molecule has 0 aliphatic carbocycles. The van der Waals surface area contributed by atoms with Crippen molar-refractivity contribution >= 4 is 28.9 Å². The number of para-hydroxylation sites is 2. The van der Waals surface area contributed by atoms with Crippen LogP contribution in [0.25, 0.3) is 5.69 Å². The zero-order valence-electron chi connectivity index (χ0n) is 18.5. The van der Waals surface area contributed by atoms with Gasteiger partial charge in [-0.3, -0.25) is 9.36 Å². The number of esters is 1. The van der Waals surface area contributed by atoms with Gasteiger partial charge in [-0.2, -0.15) is 0 Å². The molecule has 2 aromatic heterocycles. The number of ether oxygens (including phenoxy) is 2. The van der Waals surface area contributed by atoms with Gasteiger partial charge in [0.25, 0.3) is 0 Å². The molecule has 0 spiro atoms. The van der Waals surface area contributed by atoms with Crippen LogP contribution in [0.1, 0.15) is 26.8 Å². The normalized spacial score (nSPS) is 10.6. The molecular weight excluding hydrogens is 456 g/mol. The molecule has 0 unspecified atom stereocenters. The highest BCUT2D eigenvalue weighted by Gasteiger charge is 2.13. The lowest BCUT2D eigenvalue weighted by atomic mass is 10.2. The summed E-state index contributed by atoms with van der Waals surface area (Å²) in [5.41, 5.74) is 2.67. The van der Waals surface area contributed by atoms with Gasteiger partial charge in [0.1, 0.15) is 17.4 Å². The molecule has 2 N–H and O–H groups in total. The third-order valence-corrected chi connectivity index (χ3v) is 5.86. The van der Waals surface area contributed by atoms with Crippen molar-refractivity contribution in [2.75, 3.05) is 12.4 Å². The predicted molar refractivity (Wildman–Crippen MR) is 128 cm³/mol. The monoisotopic (exact) mass is 478 g/mol. The lowest BCUT2D eigenvalue weighted by Crippen LogP contribution is -2.16. The van der Waals surface area contributed by atoms with Crippen molar-refractivity contribution in [3.05, 3.63) is 92.6 Å². The van der Waals surface area contributed by atoms with E-state index in [1.54, 1.807) is 48.0 Å². The Morgan fingerprint density at radius 2 is 1.91 bits per heavy atom. The van der Waals surface area contributed by atoms with E-state index in [0.29, 0.717) is 33.4 Å². The molecule has 0 bridgehead atoms. The lowest BCUT2D eigenvalue weighted by molar-refractivity contribution is -0.115. The smallest absolute Gasteiger partial charge is 0.338 e. The van der Waals surface area contributed by atoms with E-state index in [2.05, 4.69) is 15.3 Å². The lowest BCUT2D eigenvalue weighted by Gasteiger charge is -2.08. The van der Waals surface area contributed by atoms with E-state index >= 15 is 0 Å². The maximum absolute atomic E-state index is 12.4. The van der Waals surface area contributed by atoms with Crippen LogP contribution in [0.5, 0.6) is 5.75 Å². The van der Waals surface area contributed by atoms with Crippen LogP contribution in [-0.2, 0) is 22.6 Å². The van der Waals surface area contributed by atoms with Gasteiger partial charge in [-0.05, 0) is 43.3 Å². The molecule has 0 aliphatic heterocycles. The van der Waals surface area contributed by atoms with Crippen molar-refractivity contribution in [3.8, 4) is 11.4 Å². The second kappa shape index (κ2) is 10.2. The van der Waals surface area contributed by atoms with Crippen molar-refractivity contribution in [2.24, 2.45) is 0 Å². The van der Waals surface area contributed by atoms with Gasteiger partial charge in [-0.15, -0.1) is 11.3 Å². The van der Waals surface area contributed by atoms with Crippen molar-refractivity contribution in [2.45, 2.75) is 20.0 Å². The number of rotatable bonds is 8. The number of nitrogens with one attached hydrogen (secondary N) is 2. The number of amides is 1. The molecule has 1 amide bonds. The summed E-state index contributed by atoms with van der Waals surface area (Å²) in [5.74, 6) is -0.154. The van der Waals surface area contributed by atoms with E-state index in [-0.39, 0.29) is 24.6 Å². The SMILES string of the molecule is COc1ccccc1NC(=O)Cc1nc(COC(=O)c2ccc(-n3c(C)c[nH]c3=O)cc2)cs1. The van der Waals surface area contributed by atoms with Crippen molar-refractivity contribution in [3.63, 3.8) is 0 Å². The number of H-pyrrole nitrogens is 1. The molecule has 4 rings (SSSR count). The maximum Gasteiger partial charge on any atom is 0.338 e. The topological polar surface area (TPSA) is 115 Å². The Morgan fingerprint density at radius 1 is 1.15 bits per heavy atom. The second-order valence-corrected chi connectivity index (χ2v) is 8.29. The summed E-state index contributed by atoms with van der Waals surface area (Å²) in [4.78, 5) is 43.6. The number of hydrogen-bond donors (Lipinski definition) is 2. The van der Waals surface area contributed by atoms with Crippen LogP contribution >= 0.6 is 11.3 Å². The van der Waals surface area contributed by atoms with Gasteiger partial charge in [-0.1, -0.05) is 12.1 Å². The van der Waals surface area contributed by atoms with Crippen molar-refractivity contribution in [1.29, 1.82) is 0 Å². The van der Waals surface area contributed by atoms with Gasteiger partial charge in [0, 0.05) is 17.3 Å². The van der Waals surface area contributed by atoms with Gasteiger partial charge in [0.05, 0.1) is 36.2 Å². The Hall–Kier alpha value is -4.18. The molecule has 2 aromatic carbocycles. The molecule has 2 heterocycles. The first-order valence-electron chi connectivity index (χ1n) is 10.4. The van der Waals surface area contributed by atoms with E-state index in [4.69, 9.17) is 9.47 Å². The van der Waals surface area contributed by atoms with Crippen LogP contribution in [0.15, 0.2) is 64.9 Å². The molecule has 0 atom stereocenters. The highest BCUT2D eigenvalue weighted by atomic mass is 32.1. The fraction of sp³-hybridized carbons (Fsp3) is 0.167. The number of aromatic amines is 1. The number of thiazole rings is 1. The average molecular weight is 479 g/mol. The average Bonchev–Trinajstić information content (AvgIpc) is 3.43. The third-order valence-electron chi connectivity index (χ3n) is 4.96. The largest absolute Gasteiger partial charge is 0.495 e. The Morgan fingerprint density at radius 3 is 2.62 bits per heavy atom. The Labute approximate surface area is 199 Å². The predicted octanol–water partition coefficient (Wildman–Crippen LogP) is 3.48. The number of benzene rings is 2. The highest BCUT2D eigenvalue weighted by Crippen LogP contribution is 2.23. The summed E-state index contributed by atoms with van der Waals surface area (Å²) < 4.78 is 12.1. The summed E-state index contributed by atoms with van der Waals surface area (Å²) in [7, 11) is 1.54. The van der Waals surface area contributed by atoms with Crippen molar-refractivity contribution in [1.82, 2.24) is 14.5 Å². The van der Waals surface area contributed by atoms with E-state index in [9.17, 15) is 14.4 Å². The van der Waals surface area contributed by atoms with Crippen molar-refractivity contribution < 1.29 is 19.1 Å². The fourth-order valence-electron chi connectivity index (χ4n) is 3.32. The third kappa shape index (κ3) is 5.24. The molecule has 9 nitrogen and oxygen atoms in total. The van der Waals surface area contributed by atoms with E-state index in [1.165, 1.54) is 23.0 Å². The van der Waals surface area contributed by atoms with Crippen LogP contribution in [-0.4, -0.2) is 33.5 Å². The molecule has 0 saturated carbocycles. The molecule has 10 heteroatoms. The molecule has 0 radical (unpaired) electrons. The zero-order valence-corrected chi connectivity index (χ0v) is 19.3. The van der Waals surface area contributed by atoms with E-state index in [0.717, 1.165) is 5.69 Å². The number of aryl methyl sites for hydroxylation is 1. The molecule has 0 saturated heterocycles. The minimum Gasteiger partial charge on any atom is -0.495 e. The molecular formula is C24H22N4O5S. The quantitative estimate of drug-likeness (QED) is 0.375. The summed E-state index contributed by atoms with van der Waals surface area (Å²) in [5, 5.41) is 5.17. The molecule has 4 aromatic rings. The van der Waals surface area contributed by atoms with Crippen LogP contribution < -0.4 is 15.7 Å². The Bertz CT molecular complexity index is 1370. The number of carbonyl (C=O) groups is 2. The molecule has 0 fully saturated rings. The highest BCUT2D eigenvalue weighted by molar-refractivity contribution is 7.09. The van der Waals surface area contributed by atoms with Gasteiger partial charge in [0.2, 0.25) is 5.91 Å². The summed E-state index contributed by atoms with van der Waals surface area (Å²) in [6, 6.07) is 13.7. The van der Waals surface area contributed by atoms with Crippen LogP contribution in [0, 0.1) is 6.92 Å². The Kier molecular flexibility index (Phi) is 6.88. The first kappa shape index (κ1) is 23.0. The molecule has 174 valence electrons. The van der Waals surface area contributed by atoms with Crippen LogP contribution in [0.2, 0.25) is 0 Å². The first-order chi connectivity index (χ1) is 16.4. The number of nitrogens with zero attached hydrogens (tertiary/aromatic N) is 2. The number of anilines is 1. The number of imidazole rings is 1. The molecule has 0 aliphatic rings. The number of aromatic nitrogens is 3. The standard InChI is InChI=1S/C24H22N4O5S/c1-15-12-25-24(31)28(15)18-9-7-16(8-10-18)23(30)33-13-17-14-34-22(26-17)11-21(29)27-19-5-3-4-6-20(19)32-2/h3-10,12,14H,11,13H2,1-2H3,(H,25,31)(H,27,29). The van der Waals surface area contributed by atoms with Gasteiger partial charge < -0.3 is 19.8 Å². The van der Waals surface area contributed by atoms with Gasteiger partial charge in [-0.25, -0.2) is 14.6 Å². The summed E-state index contributed by atoms with van der Waals surface area (Å²) in [6.07, 6.45) is 1.71.